The second kappa shape index (κ2) is 12.6. The van der Waals surface area contributed by atoms with E-state index in [0.717, 1.165) is 21.6 Å². The summed E-state index contributed by atoms with van der Waals surface area (Å²) in [5.74, 6) is -0.0973. The Balaban J connectivity index is 1.36. The third-order valence-electron chi connectivity index (χ3n) is 6.56. The van der Waals surface area contributed by atoms with Gasteiger partial charge in [-0.2, -0.15) is 0 Å². The molecule has 1 saturated heterocycles. The molecule has 2 aliphatic rings. The maximum Gasteiger partial charge on any atom is 0.356 e. The number of esters is 1. The Morgan fingerprint density at radius 3 is 2.48 bits per heavy atom. The Morgan fingerprint density at radius 1 is 1.02 bits per heavy atom. The molecule has 3 aromatic carbocycles. The highest BCUT2D eigenvalue weighted by Crippen LogP contribution is 2.46. The van der Waals surface area contributed by atoms with E-state index < -0.39 is 17.4 Å². The molecular formula is C30H28N2O6S2. The van der Waals surface area contributed by atoms with Crippen molar-refractivity contribution in [1.82, 2.24) is 10.2 Å². The van der Waals surface area contributed by atoms with Crippen LogP contribution in [0.4, 0.5) is 0 Å². The maximum absolute atomic E-state index is 13.5. The number of fused-ring (bicyclic) bond motifs is 1. The third-order valence-corrected chi connectivity index (χ3v) is 9.22. The fraction of sp³-hybridized carbons (Fsp3) is 0.233. The van der Waals surface area contributed by atoms with Crippen molar-refractivity contribution in [3.63, 3.8) is 0 Å². The highest BCUT2D eigenvalue weighted by atomic mass is 32.2. The molecule has 0 saturated carbocycles. The highest BCUT2D eigenvalue weighted by Gasteiger charge is 2.54. The topological polar surface area (TPSA) is 105 Å². The first-order valence-electron chi connectivity index (χ1n) is 12.7. The molecule has 0 aliphatic carbocycles. The minimum absolute atomic E-state index is 0.0224. The summed E-state index contributed by atoms with van der Waals surface area (Å²) in [6, 6.07) is 23.1. The molecule has 2 aliphatic heterocycles. The van der Waals surface area contributed by atoms with Crippen LogP contribution in [0.3, 0.4) is 0 Å². The van der Waals surface area contributed by atoms with Gasteiger partial charge in [0.15, 0.2) is 0 Å². The van der Waals surface area contributed by atoms with E-state index in [-0.39, 0.29) is 37.1 Å². The molecule has 5 rings (SSSR count). The average molecular weight is 577 g/mol. The summed E-state index contributed by atoms with van der Waals surface area (Å²) in [5, 5.41) is 12.2. The van der Waals surface area contributed by atoms with Crippen LogP contribution in [-0.4, -0.2) is 52.1 Å². The van der Waals surface area contributed by atoms with Crippen LogP contribution >= 0.6 is 23.5 Å². The van der Waals surface area contributed by atoms with Crippen molar-refractivity contribution in [2.24, 2.45) is 0 Å². The summed E-state index contributed by atoms with van der Waals surface area (Å²) >= 11 is 2.82. The number of amides is 2. The fourth-order valence-electron chi connectivity index (χ4n) is 4.47. The molecule has 0 radical (unpaired) electrons. The first-order chi connectivity index (χ1) is 19.5. The molecule has 8 nitrogen and oxygen atoms in total. The smallest absolute Gasteiger partial charge is 0.356 e. The number of carbonyl (C=O) groups excluding carboxylic acids is 3. The van der Waals surface area contributed by atoms with Gasteiger partial charge < -0.3 is 19.9 Å². The highest BCUT2D eigenvalue weighted by molar-refractivity contribution is 8.06. The van der Waals surface area contributed by atoms with Crippen molar-refractivity contribution < 1.29 is 29.0 Å². The number of ether oxygens (including phenoxy) is 2. The first-order valence-corrected chi connectivity index (χ1v) is 14.5. The predicted octanol–water partition coefficient (Wildman–Crippen LogP) is 3.88. The van der Waals surface area contributed by atoms with Gasteiger partial charge in [0.2, 0.25) is 5.91 Å². The lowest BCUT2D eigenvalue weighted by Gasteiger charge is -2.49. The SMILES string of the molecule is COc1ccc(COC(=O)C2=C(Sc3ccccc3CO)CS[C@@H]3[C@H](NC(=O)Cc4ccccc4)C(=O)N23)cc1. The number of rotatable bonds is 10. The lowest BCUT2D eigenvalue weighted by atomic mass is 10.0. The monoisotopic (exact) mass is 576 g/mol. The van der Waals surface area contributed by atoms with E-state index in [1.807, 2.05) is 54.6 Å². The summed E-state index contributed by atoms with van der Waals surface area (Å²) in [5.41, 5.74) is 2.52. The molecule has 206 valence electrons. The number of nitrogens with zero attached hydrogens (tertiary/aromatic N) is 1. The number of carbonyl (C=O) groups is 3. The number of aliphatic hydroxyl groups is 1. The van der Waals surface area contributed by atoms with E-state index >= 15 is 0 Å². The number of nitrogens with one attached hydrogen (secondary N) is 1. The number of hydrogen-bond donors (Lipinski definition) is 2. The molecule has 0 aromatic heterocycles. The third kappa shape index (κ3) is 6.04. The average Bonchev–Trinajstić information content (AvgIpc) is 2.99. The molecule has 0 bridgehead atoms. The van der Waals surface area contributed by atoms with E-state index in [2.05, 4.69) is 5.32 Å². The van der Waals surface area contributed by atoms with Gasteiger partial charge in [-0.25, -0.2) is 4.79 Å². The van der Waals surface area contributed by atoms with Crippen LogP contribution in [0.25, 0.3) is 0 Å². The Hall–Kier alpha value is -3.73. The lowest BCUT2D eigenvalue weighted by molar-refractivity contribution is -0.153. The molecule has 2 N–H and O–H groups in total. The summed E-state index contributed by atoms with van der Waals surface area (Å²) in [7, 11) is 1.58. The van der Waals surface area contributed by atoms with Crippen molar-refractivity contribution in [3.05, 3.63) is 106 Å². The molecule has 40 heavy (non-hydrogen) atoms. The van der Waals surface area contributed by atoms with Crippen molar-refractivity contribution in [2.45, 2.75) is 35.9 Å². The van der Waals surface area contributed by atoms with Gasteiger partial charge in [-0.15, -0.1) is 11.8 Å². The van der Waals surface area contributed by atoms with Crippen molar-refractivity contribution >= 4 is 41.3 Å². The molecule has 1 fully saturated rings. The van der Waals surface area contributed by atoms with E-state index in [0.29, 0.717) is 16.4 Å². The quantitative estimate of drug-likeness (QED) is 0.277. The lowest BCUT2D eigenvalue weighted by Crippen LogP contribution is -2.70. The first kappa shape index (κ1) is 27.8. The number of benzene rings is 3. The number of aliphatic hydroxyl groups excluding tert-OH is 1. The standard InChI is InChI=1S/C30H28N2O6S2/c1-37-22-13-11-20(12-14-22)17-38-30(36)27-24(40-23-10-6-5-9-21(23)16-33)18-39-29-26(28(35)32(27)29)31-25(34)15-19-7-3-2-4-8-19/h2-14,26,29,33H,15-18H2,1H3,(H,31,34)/t26-,29-/m1/s1. The summed E-state index contributed by atoms with van der Waals surface area (Å²) in [6.07, 6.45) is 0.160. The Kier molecular flexibility index (Phi) is 8.78. The van der Waals surface area contributed by atoms with Crippen LogP contribution in [-0.2, 0) is 38.8 Å². The van der Waals surface area contributed by atoms with E-state index in [9.17, 15) is 19.5 Å². The zero-order valence-corrected chi connectivity index (χ0v) is 23.4. The molecule has 2 atom stereocenters. The Morgan fingerprint density at radius 2 is 1.75 bits per heavy atom. The molecule has 0 unspecified atom stereocenters. The predicted molar refractivity (Wildman–Crippen MR) is 153 cm³/mol. The second-order valence-corrected chi connectivity index (χ2v) is 11.4. The largest absolute Gasteiger partial charge is 0.497 e. The summed E-state index contributed by atoms with van der Waals surface area (Å²) in [4.78, 5) is 42.4. The summed E-state index contributed by atoms with van der Waals surface area (Å²) in [6.45, 7) is -0.129. The number of thioether (sulfide) groups is 2. The minimum atomic E-state index is -0.734. The van der Waals surface area contributed by atoms with E-state index in [1.165, 1.54) is 28.4 Å². The normalized spacial score (nSPS) is 18.1. The zero-order chi connectivity index (χ0) is 28.1. The number of methoxy groups -OCH3 is 1. The number of hydrogen-bond acceptors (Lipinski definition) is 8. The van der Waals surface area contributed by atoms with Gasteiger partial charge in [-0.1, -0.05) is 72.4 Å². The van der Waals surface area contributed by atoms with Gasteiger partial charge >= 0.3 is 5.97 Å². The molecule has 3 aromatic rings. The van der Waals surface area contributed by atoms with Crippen LogP contribution in [0.2, 0.25) is 0 Å². The second-order valence-electron chi connectivity index (χ2n) is 9.18. The molecule has 0 spiro atoms. The van der Waals surface area contributed by atoms with Crippen LogP contribution in [0.5, 0.6) is 5.75 Å². The van der Waals surface area contributed by atoms with Gasteiger partial charge in [0, 0.05) is 15.6 Å². The van der Waals surface area contributed by atoms with Crippen molar-refractivity contribution in [3.8, 4) is 5.75 Å². The van der Waals surface area contributed by atoms with E-state index in [4.69, 9.17) is 9.47 Å². The zero-order valence-electron chi connectivity index (χ0n) is 21.7. The fourth-order valence-corrected chi connectivity index (χ4v) is 7.06. The molecule has 2 heterocycles. The Bertz CT molecular complexity index is 1430. The van der Waals surface area contributed by atoms with Gasteiger partial charge in [-0.05, 0) is 34.9 Å². The summed E-state index contributed by atoms with van der Waals surface area (Å²) < 4.78 is 10.9. The molecule has 10 heteroatoms. The van der Waals surface area contributed by atoms with Gasteiger partial charge in [0.25, 0.3) is 5.91 Å². The molecular weight excluding hydrogens is 548 g/mol. The number of β-lactam (4-membered cyclic amide) rings is 1. The van der Waals surface area contributed by atoms with Crippen LogP contribution < -0.4 is 10.1 Å². The van der Waals surface area contributed by atoms with Crippen molar-refractivity contribution in [1.29, 1.82) is 0 Å². The van der Waals surface area contributed by atoms with Crippen LogP contribution in [0.15, 0.2) is 94.4 Å². The van der Waals surface area contributed by atoms with Gasteiger partial charge in [-0.3, -0.25) is 14.5 Å². The minimum Gasteiger partial charge on any atom is -0.497 e. The Labute approximate surface area is 240 Å². The van der Waals surface area contributed by atoms with Crippen LogP contribution in [0, 0.1) is 0 Å². The maximum atomic E-state index is 13.5. The molecule has 2 amide bonds. The van der Waals surface area contributed by atoms with Gasteiger partial charge in [0.05, 0.1) is 20.1 Å². The van der Waals surface area contributed by atoms with Crippen molar-refractivity contribution in [2.75, 3.05) is 12.9 Å². The van der Waals surface area contributed by atoms with E-state index in [1.54, 1.807) is 31.4 Å². The van der Waals surface area contributed by atoms with Gasteiger partial charge in [0.1, 0.15) is 29.5 Å². The van der Waals surface area contributed by atoms with Crippen LogP contribution in [0.1, 0.15) is 16.7 Å².